The number of hydrogen-bond acceptors (Lipinski definition) is 7. The maximum absolute atomic E-state index is 12.3. The van der Waals surface area contributed by atoms with Crippen LogP contribution in [0.1, 0.15) is 18.9 Å². The molecular formula is C20H22N2O7S. The summed E-state index contributed by atoms with van der Waals surface area (Å²) in [5, 5.41) is 18.3. The van der Waals surface area contributed by atoms with Crippen molar-refractivity contribution in [1.82, 2.24) is 5.48 Å². The fourth-order valence-electron chi connectivity index (χ4n) is 3.10. The summed E-state index contributed by atoms with van der Waals surface area (Å²) in [6.45, 7) is 1.62. The first-order valence-corrected chi connectivity index (χ1v) is 10.7. The minimum atomic E-state index is -3.42. The molecule has 1 aromatic carbocycles. The van der Waals surface area contributed by atoms with Crippen LogP contribution < -0.4 is 10.4 Å². The summed E-state index contributed by atoms with van der Waals surface area (Å²) in [5.74, 6) is 8.86. The first kappa shape index (κ1) is 23.4. The van der Waals surface area contributed by atoms with Gasteiger partial charge in [0.2, 0.25) is 6.41 Å². The molecule has 0 bridgehead atoms. The van der Waals surface area contributed by atoms with E-state index in [1.807, 2.05) is 0 Å². The third kappa shape index (κ3) is 5.38. The predicted molar refractivity (Wildman–Crippen MR) is 108 cm³/mol. The van der Waals surface area contributed by atoms with Crippen molar-refractivity contribution in [3.05, 3.63) is 29.8 Å². The molecule has 1 saturated heterocycles. The zero-order valence-corrected chi connectivity index (χ0v) is 17.3. The maximum Gasteiger partial charge on any atom is 0.269 e. The van der Waals surface area contributed by atoms with Gasteiger partial charge in [-0.1, -0.05) is 11.8 Å². The van der Waals surface area contributed by atoms with Crippen LogP contribution in [0, 0.1) is 23.7 Å². The Labute approximate surface area is 174 Å². The standard InChI is InChI=1S/C20H22N2O7S/c1-15(24)6-4-3-5-7-16-8-10-17(11-9-16)22(14-23)18(19(25)21-26)20(29-2)12-30(27,28)13-20/h8-11,14-15,18,24,26H,6,12-13H2,1-2H3,(H,21,25). The van der Waals surface area contributed by atoms with Crippen LogP contribution in [-0.2, 0) is 24.2 Å². The second-order valence-corrected chi connectivity index (χ2v) is 8.91. The number of nitrogens with one attached hydrogen (secondary N) is 1. The third-order valence-electron chi connectivity index (χ3n) is 4.50. The Balaban J connectivity index is 2.30. The lowest BCUT2D eigenvalue weighted by molar-refractivity contribution is -0.138. The van der Waals surface area contributed by atoms with Crippen molar-refractivity contribution in [3.8, 4) is 23.7 Å². The number of nitrogens with zero attached hydrogens (tertiary/aromatic N) is 1. The van der Waals surface area contributed by atoms with Crippen molar-refractivity contribution < 1.29 is 33.1 Å². The first-order chi connectivity index (χ1) is 14.2. The van der Waals surface area contributed by atoms with E-state index in [4.69, 9.17) is 15.1 Å². The van der Waals surface area contributed by atoms with Gasteiger partial charge in [-0.05, 0) is 43.0 Å². The van der Waals surface area contributed by atoms with E-state index in [2.05, 4.69) is 23.7 Å². The van der Waals surface area contributed by atoms with E-state index in [1.165, 1.54) is 24.7 Å². The number of methoxy groups -OCH3 is 1. The molecule has 0 aliphatic carbocycles. The largest absolute Gasteiger partial charge is 0.392 e. The highest BCUT2D eigenvalue weighted by molar-refractivity contribution is 7.93. The van der Waals surface area contributed by atoms with Crippen LogP contribution >= 0.6 is 0 Å². The van der Waals surface area contributed by atoms with Gasteiger partial charge < -0.3 is 9.84 Å². The predicted octanol–water partition coefficient (Wildman–Crippen LogP) is -0.537. The smallest absolute Gasteiger partial charge is 0.269 e. The van der Waals surface area contributed by atoms with Crippen LogP contribution in [0.5, 0.6) is 0 Å². The van der Waals surface area contributed by atoms with E-state index < -0.39 is 45.0 Å². The van der Waals surface area contributed by atoms with Crippen molar-refractivity contribution in [2.45, 2.75) is 31.1 Å². The molecule has 2 amide bonds. The Morgan fingerprint density at radius 3 is 2.43 bits per heavy atom. The Morgan fingerprint density at radius 1 is 1.33 bits per heavy atom. The van der Waals surface area contributed by atoms with E-state index >= 15 is 0 Å². The van der Waals surface area contributed by atoms with E-state index in [-0.39, 0.29) is 5.69 Å². The van der Waals surface area contributed by atoms with Gasteiger partial charge in [-0.3, -0.25) is 19.7 Å². The molecule has 1 fully saturated rings. The average Bonchev–Trinajstić information content (AvgIpc) is 2.69. The van der Waals surface area contributed by atoms with Gasteiger partial charge in [-0.15, -0.1) is 0 Å². The molecule has 160 valence electrons. The lowest BCUT2D eigenvalue weighted by Gasteiger charge is -2.47. The zero-order chi connectivity index (χ0) is 22.4. The molecule has 1 heterocycles. The monoisotopic (exact) mass is 434 g/mol. The van der Waals surface area contributed by atoms with Gasteiger partial charge in [0, 0.05) is 24.8 Å². The topological polar surface area (TPSA) is 133 Å². The zero-order valence-electron chi connectivity index (χ0n) is 16.5. The maximum atomic E-state index is 12.3. The van der Waals surface area contributed by atoms with Crippen LogP contribution in [0.25, 0.3) is 0 Å². The lowest BCUT2D eigenvalue weighted by Crippen LogP contribution is -2.71. The molecule has 10 heteroatoms. The lowest BCUT2D eigenvalue weighted by atomic mass is 9.94. The number of rotatable bonds is 7. The van der Waals surface area contributed by atoms with Gasteiger partial charge in [-0.25, -0.2) is 13.9 Å². The molecule has 2 rings (SSSR count). The minimum Gasteiger partial charge on any atom is -0.392 e. The Hall–Kier alpha value is -2.89. The molecular weight excluding hydrogens is 412 g/mol. The number of amides is 2. The summed E-state index contributed by atoms with van der Waals surface area (Å²) in [6.07, 6.45) is 0.152. The van der Waals surface area contributed by atoms with E-state index in [0.717, 1.165) is 4.90 Å². The SMILES string of the molecule is COC1(C(C(=O)NO)N(C=O)c2ccc(C#CC#CCC(C)O)cc2)CS(=O)(=O)C1. The highest BCUT2D eigenvalue weighted by Gasteiger charge is 2.59. The van der Waals surface area contributed by atoms with Gasteiger partial charge in [-0.2, -0.15) is 0 Å². The van der Waals surface area contributed by atoms with Crippen molar-refractivity contribution in [2.75, 3.05) is 23.5 Å². The molecule has 1 aromatic rings. The van der Waals surface area contributed by atoms with Crippen LogP contribution in [0.4, 0.5) is 5.69 Å². The van der Waals surface area contributed by atoms with Gasteiger partial charge >= 0.3 is 0 Å². The Morgan fingerprint density at radius 2 is 1.97 bits per heavy atom. The molecule has 0 radical (unpaired) electrons. The molecule has 0 spiro atoms. The molecule has 2 atom stereocenters. The first-order valence-electron chi connectivity index (χ1n) is 8.88. The second kappa shape index (κ2) is 9.74. The van der Waals surface area contributed by atoms with Crippen LogP contribution in [0.3, 0.4) is 0 Å². The summed E-state index contributed by atoms with van der Waals surface area (Å²) < 4.78 is 28.8. The normalized spacial score (nSPS) is 17.6. The molecule has 0 aromatic heterocycles. The summed E-state index contributed by atoms with van der Waals surface area (Å²) in [4.78, 5) is 25.1. The molecule has 9 nitrogen and oxygen atoms in total. The number of ether oxygens (including phenoxy) is 1. The number of carbonyl (C=O) groups is 2. The van der Waals surface area contributed by atoms with E-state index in [0.29, 0.717) is 18.4 Å². The van der Waals surface area contributed by atoms with Crippen molar-refractivity contribution >= 4 is 27.8 Å². The molecule has 3 N–H and O–H groups in total. The molecule has 2 unspecified atom stereocenters. The molecule has 0 saturated carbocycles. The van der Waals surface area contributed by atoms with Gasteiger partial charge in [0.25, 0.3) is 5.91 Å². The minimum absolute atomic E-state index is 0.282. The van der Waals surface area contributed by atoms with Gasteiger partial charge in [0.15, 0.2) is 9.84 Å². The van der Waals surface area contributed by atoms with Crippen LogP contribution in [-0.4, -0.2) is 67.4 Å². The number of aliphatic hydroxyl groups is 1. The number of anilines is 1. The Kier molecular flexibility index (Phi) is 7.59. The molecule has 1 aliphatic heterocycles. The number of aliphatic hydroxyl groups excluding tert-OH is 1. The number of sulfone groups is 1. The van der Waals surface area contributed by atoms with Gasteiger partial charge in [0.1, 0.15) is 11.6 Å². The Bertz CT molecular complexity index is 999. The number of hydroxylamine groups is 1. The van der Waals surface area contributed by atoms with Crippen molar-refractivity contribution in [1.29, 1.82) is 0 Å². The fraction of sp³-hybridized carbons (Fsp3) is 0.400. The molecule has 1 aliphatic rings. The van der Waals surface area contributed by atoms with Crippen molar-refractivity contribution in [3.63, 3.8) is 0 Å². The molecule has 30 heavy (non-hydrogen) atoms. The summed E-state index contributed by atoms with van der Waals surface area (Å²) in [5.41, 5.74) is 0.865. The second-order valence-electron chi connectivity index (χ2n) is 6.84. The van der Waals surface area contributed by atoms with E-state index in [1.54, 1.807) is 19.1 Å². The van der Waals surface area contributed by atoms with E-state index in [9.17, 15) is 18.0 Å². The number of carbonyl (C=O) groups excluding carboxylic acids is 2. The summed E-state index contributed by atoms with van der Waals surface area (Å²) >= 11 is 0. The highest BCUT2D eigenvalue weighted by Crippen LogP contribution is 2.35. The summed E-state index contributed by atoms with van der Waals surface area (Å²) in [6, 6.07) is 4.84. The van der Waals surface area contributed by atoms with Crippen LogP contribution in [0.2, 0.25) is 0 Å². The highest BCUT2D eigenvalue weighted by atomic mass is 32.2. The van der Waals surface area contributed by atoms with Crippen molar-refractivity contribution in [2.24, 2.45) is 0 Å². The van der Waals surface area contributed by atoms with Gasteiger partial charge in [0.05, 0.1) is 17.6 Å². The fourth-order valence-corrected chi connectivity index (χ4v) is 5.06. The third-order valence-corrected chi connectivity index (χ3v) is 6.36. The quantitative estimate of drug-likeness (QED) is 0.227. The average molecular weight is 434 g/mol. The number of benzene rings is 1. The van der Waals surface area contributed by atoms with Crippen LogP contribution in [0.15, 0.2) is 24.3 Å². The number of hydrogen-bond donors (Lipinski definition) is 3. The summed E-state index contributed by atoms with van der Waals surface area (Å²) in [7, 11) is -2.17.